The van der Waals surface area contributed by atoms with Crippen LogP contribution in [0.15, 0.2) is 36.5 Å². The highest BCUT2D eigenvalue weighted by molar-refractivity contribution is 5.76. The van der Waals surface area contributed by atoms with Crippen molar-refractivity contribution in [2.24, 2.45) is 0 Å². The van der Waals surface area contributed by atoms with Gasteiger partial charge in [-0.1, -0.05) is 371 Å². The van der Waals surface area contributed by atoms with Gasteiger partial charge in [0, 0.05) is 12.8 Å². The number of amides is 1. The number of carbonyl (C=O) groups is 2. The molecular formula is C79H151NO5. The summed E-state index contributed by atoms with van der Waals surface area (Å²) in [6.45, 7) is 4.94. The van der Waals surface area contributed by atoms with Crippen molar-refractivity contribution >= 4 is 11.9 Å². The van der Waals surface area contributed by atoms with Crippen LogP contribution in [0.2, 0.25) is 0 Å². The molecule has 0 saturated heterocycles. The molecular weight excluding hydrogens is 1040 g/mol. The maximum atomic E-state index is 12.5. The zero-order valence-electron chi connectivity index (χ0n) is 57.6. The third-order valence-corrected chi connectivity index (χ3v) is 18.1. The van der Waals surface area contributed by atoms with E-state index >= 15 is 0 Å². The molecule has 1 amide bonds. The van der Waals surface area contributed by atoms with E-state index in [0.717, 1.165) is 44.9 Å². The fourth-order valence-corrected chi connectivity index (χ4v) is 12.2. The van der Waals surface area contributed by atoms with Gasteiger partial charge in [0.05, 0.1) is 25.4 Å². The molecule has 6 heteroatoms. The van der Waals surface area contributed by atoms with E-state index in [9.17, 15) is 19.8 Å². The lowest BCUT2D eigenvalue weighted by molar-refractivity contribution is -0.143. The van der Waals surface area contributed by atoms with Gasteiger partial charge >= 0.3 is 5.97 Å². The van der Waals surface area contributed by atoms with E-state index in [1.54, 1.807) is 6.08 Å². The first-order valence-corrected chi connectivity index (χ1v) is 38.8. The summed E-state index contributed by atoms with van der Waals surface area (Å²) in [7, 11) is 0. The third-order valence-electron chi connectivity index (χ3n) is 18.1. The van der Waals surface area contributed by atoms with Crippen molar-refractivity contribution in [3.05, 3.63) is 36.5 Å². The Morgan fingerprint density at radius 2 is 0.553 bits per heavy atom. The number of aliphatic hydroxyl groups is 2. The van der Waals surface area contributed by atoms with E-state index in [2.05, 4.69) is 43.5 Å². The molecule has 0 aromatic heterocycles. The van der Waals surface area contributed by atoms with E-state index in [-0.39, 0.29) is 18.5 Å². The summed E-state index contributed by atoms with van der Waals surface area (Å²) in [6, 6.07) is -0.628. The van der Waals surface area contributed by atoms with Crippen LogP contribution in [0.4, 0.5) is 0 Å². The van der Waals surface area contributed by atoms with Gasteiger partial charge in [-0.2, -0.15) is 0 Å². The molecule has 0 aromatic carbocycles. The van der Waals surface area contributed by atoms with Crippen molar-refractivity contribution in [2.45, 2.75) is 443 Å². The summed E-state index contributed by atoms with van der Waals surface area (Å²) in [5, 5.41) is 23.3. The summed E-state index contributed by atoms with van der Waals surface area (Å²) in [5.74, 6) is -0.0518. The molecule has 0 bridgehead atoms. The second-order valence-electron chi connectivity index (χ2n) is 26.7. The molecule has 0 aromatic rings. The number of aliphatic hydroxyl groups excluding tert-OH is 2. The molecule has 2 atom stereocenters. The Hall–Kier alpha value is -1.92. The first-order chi connectivity index (χ1) is 42.0. The van der Waals surface area contributed by atoms with Crippen molar-refractivity contribution in [3.63, 3.8) is 0 Å². The molecule has 0 fully saturated rings. The average Bonchev–Trinajstić information content (AvgIpc) is 3.50. The SMILES string of the molecule is CCCCCCC/C=C\CCCCCCCC(=O)OCCCCCCCCCCCCCC/C=C\CCCCCCCCCCCCCCCCCC(=O)NC(CO)C(O)/C=C/CCCCCCCCCCCCCCCCCCCCCCC. The van der Waals surface area contributed by atoms with Crippen LogP contribution in [0.25, 0.3) is 0 Å². The topological polar surface area (TPSA) is 95.9 Å². The number of hydrogen-bond donors (Lipinski definition) is 3. The quantitative estimate of drug-likeness (QED) is 0.0320. The highest BCUT2D eigenvalue weighted by Crippen LogP contribution is 2.19. The van der Waals surface area contributed by atoms with E-state index in [0.29, 0.717) is 19.4 Å². The lowest BCUT2D eigenvalue weighted by Gasteiger charge is -2.20. The number of unbranched alkanes of at least 4 members (excludes halogenated alkanes) is 58. The predicted octanol–water partition coefficient (Wildman–Crippen LogP) is 25.4. The fraction of sp³-hybridized carbons (Fsp3) is 0.899. The Bertz CT molecular complexity index is 1380. The van der Waals surface area contributed by atoms with E-state index in [4.69, 9.17) is 4.74 Å². The summed E-state index contributed by atoms with van der Waals surface area (Å²) in [5.41, 5.74) is 0. The van der Waals surface area contributed by atoms with Gasteiger partial charge in [-0.3, -0.25) is 9.59 Å². The molecule has 0 radical (unpaired) electrons. The number of esters is 1. The molecule has 0 aliphatic carbocycles. The highest BCUT2D eigenvalue weighted by Gasteiger charge is 2.18. The van der Waals surface area contributed by atoms with Gasteiger partial charge in [-0.15, -0.1) is 0 Å². The fourth-order valence-electron chi connectivity index (χ4n) is 12.2. The van der Waals surface area contributed by atoms with Crippen LogP contribution in [-0.2, 0) is 14.3 Å². The molecule has 6 nitrogen and oxygen atoms in total. The molecule has 0 spiro atoms. The highest BCUT2D eigenvalue weighted by atomic mass is 16.5. The second kappa shape index (κ2) is 74.5. The molecule has 3 N–H and O–H groups in total. The van der Waals surface area contributed by atoms with Gasteiger partial charge in [0.2, 0.25) is 5.91 Å². The molecule has 502 valence electrons. The van der Waals surface area contributed by atoms with Crippen LogP contribution >= 0.6 is 0 Å². The van der Waals surface area contributed by atoms with Crippen LogP contribution in [0, 0.1) is 0 Å². The predicted molar refractivity (Wildman–Crippen MR) is 375 cm³/mol. The van der Waals surface area contributed by atoms with Crippen molar-refractivity contribution < 1.29 is 24.5 Å². The van der Waals surface area contributed by atoms with Crippen LogP contribution in [0.5, 0.6) is 0 Å². The number of rotatable bonds is 73. The Kier molecular flexibility index (Phi) is 72.9. The zero-order chi connectivity index (χ0) is 61.3. The molecule has 0 heterocycles. The maximum Gasteiger partial charge on any atom is 0.305 e. The molecule has 0 rings (SSSR count). The second-order valence-corrected chi connectivity index (χ2v) is 26.7. The van der Waals surface area contributed by atoms with Gasteiger partial charge in [0.15, 0.2) is 0 Å². The maximum absolute atomic E-state index is 12.5. The summed E-state index contributed by atoms with van der Waals surface area (Å²) < 4.78 is 5.49. The van der Waals surface area contributed by atoms with Crippen LogP contribution in [-0.4, -0.2) is 47.4 Å². The lowest BCUT2D eigenvalue weighted by Crippen LogP contribution is -2.45. The van der Waals surface area contributed by atoms with Gasteiger partial charge in [0.1, 0.15) is 0 Å². The number of hydrogen-bond acceptors (Lipinski definition) is 5. The molecule has 2 unspecified atom stereocenters. The van der Waals surface area contributed by atoms with Gasteiger partial charge in [0.25, 0.3) is 0 Å². The third kappa shape index (κ3) is 71.0. The largest absolute Gasteiger partial charge is 0.466 e. The smallest absolute Gasteiger partial charge is 0.305 e. The number of carbonyl (C=O) groups excluding carboxylic acids is 2. The standard InChI is InChI=1S/C79H151NO5/c1-3-5-7-9-11-13-15-17-19-20-21-22-32-35-38-41-44-47-51-55-59-63-67-71-77(82)76(75-81)80-78(83)72-68-64-60-56-52-48-45-42-39-36-33-30-28-26-24-23-25-27-29-31-34-37-40-43-46-50-54-58-62-66-70-74-85-79(84)73-69-65-61-57-53-49-18-16-14-12-10-8-6-4-2/h16,18,25,27,67,71,76-77,81-82H,3-15,17,19-24,26,28-66,68-70,72-75H2,1-2H3,(H,80,83)/b18-16-,27-25-,71-67+. The Labute approximate surface area is 532 Å². The number of allylic oxidation sites excluding steroid dienone is 5. The van der Waals surface area contributed by atoms with Crippen molar-refractivity contribution in [3.8, 4) is 0 Å². The van der Waals surface area contributed by atoms with Crippen LogP contribution in [0.1, 0.15) is 431 Å². The van der Waals surface area contributed by atoms with E-state index in [1.165, 1.54) is 360 Å². The first-order valence-electron chi connectivity index (χ1n) is 38.8. The minimum Gasteiger partial charge on any atom is -0.466 e. The van der Waals surface area contributed by atoms with Crippen LogP contribution < -0.4 is 5.32 Å². The molecule has 0 saturated carbocycles. The number of ether oxygens (including phenoxy) is 1. The molecule has 85 heavy (non-hydrogen) atoms. The van der Waals surface area contributed by atoms with Crippen molar-refractivity contribution in [2.75, 3.05) is 13.2 Å². The van der Waals surface area contributed by atoms with Gasteiger partial charge in [-0.25, -0.2) is 0 Å². The Morgan fingerprint density at radius 3 is 0.835 bits per heavy atom. The zero-order valence-corrected chi connectivity index (χ0v) is 57.6. The molecule has 0 aliphatic heterocycles. The summed E-state index contributed by atoms with van der Waals surface area (Å²) >= 11 is 0. The number of nitrogens with one attached hydrogen (secondary N) is 1. The first kappa shape index (κ1) is 83.1. The summed E-state index contributed by atoms with van der Waals surface area (Å²) in [6.07, 6.45) is 96.8. The van der Waals surface area contributed by atoms with Crippen molar-refractivity contribution in [1.29, 1.82) is 0 Å². The van der Waals surface area contributed by atoms with E-state index < -0.39 is 12.1 Å². The Morgan fingerprint density at radius 1 is 0.318 bits per heavy atom. The average molecular weight is 1200 g/mol. The minimum absolute atomic E-state index is 0.00946. The molecule has 0 aliphatic rings. The minimum atomic E-state index is -0.845. The van der Waals surface area contributed by atoms with Gasteiger partial charge in [-0.05, 0) is 83.5 Å². The van der Waals surface area contributed by atoms with Crippen molar-refractivity contribution in [1.82, 2.24) is 5.32 Å². The lowest BCUT2D eigenvalue weighted by atomic mass is 10.0. The van der Waals surface area contributed by atoms with Crippen LogP contribution in [0.3, 0.4) is 0 Å². The van der Waals surface area contributed by atoms with E-state index in [1.807, 2.05) is 6.08 Å². The Balaban J connectivity index is 3.39. The monoisotopic (exact) mass is 1190 g/mol. The normalized spacial score (nSPS) is 12.7. The van der Waals surface area contributed by atoms with Gasteiger partial charge < -0.3 is 20.3 Å². The summed E-state index contributed by atoms with van der Waals surface area (Å²) in [4.78, 5) is 24.6.